The summed E-state index contributed by atoms with van der Waals surface area (Å²) in [5.41, 5.74) is 0. The third-order valence-electron chi connectivity index (χ3n) is 3.61. The van der Waals surface area contributed by atoms with Crippen molar-refractivity contribution in [2.24, 2.45) is 5.92 Å². The smallest absolute Gasteiger partial charge is 0.0201 e. The van der Waals surface area contributed by atoms with Gasteiger partial charge >= 0.3 is 0 Å². The van der Waals surface area contributed by atoms with Gasteiger partial charge in [0.15, 0.2) is 0 Å². The molecule has 0 spiro atoms. The highest BCUT2D eigenvalue weighted by atomic mass is 127. The summed E-state index contributed by atoms with van der Waals surface area (Å²) >= 11 is 2.45. The number of nitrogens with zero attached hydrogens (tertiary/aromatic N) is 2. The second-order valence-corrected chi connectivity index (χ2v) is 6.11. The van der Waals surface area contributed by atoms with Crippen LogP contribution in [0.2, 0.25) is 0 Å². The third kappa shape index (κ3) is 2.61. The van der Waals surface area contributed by atoms with Gasteiger partial charge in [-0.1, -0.05) is 13.3 Å². The summed E-state index contributed by atoms with van der Waals surface area (Å²) in [5, 5.41) is 0. The van der Waals surface area contributed by atoms with Gasteiger partial charge in [-0.2, -0.15) is 0 Å². The van der Waals surface area contributed by atoms with E-state index in [0.717, 1.165) is 12.0 Å². The van der Waals surface area contributed by atoms with Crippen LogP contribution in [-0.2, 0) is 0 Å². The van der Waals surface area contributed by atoms with Crippen LogP contribution >= 0.6 is 22.9 Å². The second kappa shape index (κ2) is 5.12. The molecule has 14 heavy (non-hydrogen) atoms. The Hall–Kier alpha value is 0.650. The van der Waals surface area contributed by atoms with E-state index in [2.05, 4.69) is 37.8 Å². The minimum Gasteiger partial charge on any atom is -0.300 e. The monoisotopic (exact) mass is 308 g/mol. The van der Waals surface area contributed by atoms with Gasteiger partial charge in [-0.15, -0.1) is 0 Å². The summed E-state index contributed by atoms with van der Waals surface area (Å²) in [6.07, 6.45) is 5.59. The molecule has 2 aliphatic heterocycles. The Balaban J connectivity index is 1.67. The minimum absolute atomic E-state index is 0.911. The molecule has 0 radical (unpaired) electrons. The summed E-state index contributed by atoms with van der Waals surface area (Å²) < 4.78 is 2.43. The van der Waals surface area contributed by atoms with E-state index in [1.807, 2.05) is 0 Å². The molecule has 2 heterocycles. The van der Waals surface area contributed by atoms with Gasteiger partial charge in [0.25, 0.3) is 0 Å². The Morgan fingerprint density at radius 2 is 1.86 bits per heavy atom. The van der Waals surface area contributed by atoms with Gasteiger partial charge in [0.05, 0.1) is 0 Å². The van der Waals surface area contributed by atoms with Crippen LogP contribution in [0.5, 0.6) is 0 Å². The van der Waals surface area contributed by atoms with Gasteiger partial charge < -0.3 is 0 Å². The van der Waals surface area contributed by atoms with Gasteiger partial charge in [-0.25, -0.2) is 3.11 Å². The fourth-order valence-electron chi connectivity index (χ4n) is 2.70. The molecule has 2 aliphatic rings. The van der Waals surface area contributed by atoms with E-state index in [4.69, 9.17) is 0 Å². The fraction of sp³-hybridized carbons (Fsp3) is 1.00. The third-order valence-corrected chi connectivity index (χ3v) is 4.57. The van der Waals surface area contributed by atoms with E-state index in [9.17, 15) is 0 Å². The molecule has 3 heteroatoms. The number of halogens is 1. The van der Waals surface area contributed by atoms with Crippen LogP contribution in [0.25, 0.3) is 0 Å². The van der Waals surface area contributed by atoms with Crippen LogP contribution in [0, 0.1) is 5.92 Å². The zero-order valence-electron chi connectivity index (χ0n) is 9.08. The normalized spacial score (nSPS) is 27.9. The summed E-state index contributed by atoms with van der Waals surface area (Å²) in [5.74, 6) is 1.03. The maximum absolute atomic E-state index is 2.71. The number of hydrogen-bond acceptors (Lipinski definition) is 2. The highest BCUT2D eigenvalue weighted by molar-refractivity contribution is 14.1. The Labute approximate surface area is 102 Å². The van der Waals surface area contributed by atoms with Crippen LogP contribution < -0.4 is 0 Å². The van der Waals surface area contributed by atoms with Crippen LogP contribution in [0.15, 0.2) is 0 Å². The predicted molar refractivity (Wildman–Crippen MR) is 68.6 cm³/mol. The average molecular weight is 308 g/mol. The Morgan fingerprint density at radius 3 is 2.43 bits per heavy atom. The first kappa shape index (κ1) is 11.1. The second-order valence-electron chi connectivity index (χ2n) is 4.75. The molecule has 0 amide bonds. The SMILES string of the molecule is CCCC1CN(C2CCN(I)CC2)C1. The van der Waals surface area contributed by atoms with Crippen LogP contribution in [0.1, 0.15) is 32.6 Å². The Bertz CT molecular complexity index is 172. The van der Waals surface area contributed by atoms with Crippen LogP contribution in [-0.4, -0.2) is 40.2 Å². The lowest BCUT2D eigenvalue weighted by molar-refractivity contribution is 0.0285. The molecule has 0 unspecified atom stereocenters. The molecule has 2 rings (SSSR count). The van der Waals surface area contributed by atoms with Crippen LogP contribution in [0.4, 0.5) is 0 Å². The maximum Gasteiger partial charge on any atom is 0.0201 e. The van der Waals surface area contributed by atoms with Crippen molar-refractivity contribution in [1.29, 1.82) is 0 Å². The quantitative estimate of drug-likeness (QED) is 0.584. The first-order valence-corrected chi connectivity index (χ1v) is 6.91. The molecule has 2 saturated heterocycles. The first-order chi connectivity index (χ1) is 6.79. The summed E-state index contributed by atoms with van der Waals surface area (Å²) in [7, 11) is 0. The molecule has 82 valence electrons. The van der Waals surface area contributed by atoms with Crippen molar-refractivity contribution in [3.8, 4) is 0 Å². The van der Waals surface area contributed by atoms with E-state index in [1.54, 1.807) is 0 Å². The molecule has 0 bridgehead atoms. The number of piperidine rings is 1. The molecule has 0 aromatic heterocycles. The molecule has 0 aromatic carbocycles. The van der Waals surface area contributed by atoms with Gasteiger partial charge in [0, 0.05) is 55.1 Å². The van der Waals surface area contributed by atoms with Gasteiger partial charge in [0.2, 0.25) is 0 Å². The van der Waals surface area contributed by atoms with E-state index in [1.165, 1.54) is 51.9 Å². The van der Waals surface area contributed by atoms with Crippen molar-refractivity contribution in [3.05, 3.63) is 0 Å². The zero-order valence-corrected chi connectivity index (χ0v) is 11.2. The largest absolute Gasteiger partial charge is 0.300 e. The number of likely N-dealkylation sites (tertiary alicyclic amines) is 1. The Morgan fingerprint density at radius 1 is 1.21 bits per heavy atom. The van der Waals surface area contributed by atoms with Crippen LogP contribution in [0.3, 0.4) is 0 Å². The van der Waals surface area contributed by atoms with Crippen molar-refractivity contribution in [2.75, 3.05) is 26.2 Å². The maximum atomic E-state index is 2.71. The van der Waals surface area contributed by atoms with Gasteiger partial charge in [0.1, 0.15) is 0 Å². The fourth-order valence-corrected chi connectivity index (χ4v) is 3.26. The molecule has 0 N–H and O–H groups in total. The lowest BCUT2D eigenvalue weighted by atomic mass is 9.91. The molecule has 0 aromatic rings. The first-order valence-electron chi connectivity index (χ1n) is 5.94. The minimum atomic E-state index is 0.911. The van der Waals surface area contributed by atoms with E-state index >= 15 is 0 Å². The van der Waals surface area contributed by atoms with E-state index in [-0.39, 0.29) is 0 Å². The highest BCUT2D eigenvalue weighted by Crippen LogP contribution is 2.28. The summed E-state index contributed by atoms with van der Waals surface area (Å²) in [6.45, 7) is 7.66. The highest BCUT2D eigenvalue weighted by Gasteiger charge is 2.32. The summed E-state index contributed by atoms with van der Waals surface area (Å²) in [6, 6.07) is 0.911. The molecular weight excluding hydrogens is 287 g/mol. The lowest BCUT2D eigenvalue weighted by Crippen LogP contribution is -2.54. The molecule has 2 fully saturated rings. The van der Waals surface area contributed by atoms with Crippen molar-refractivity contribution < 1.29 is 0 Å². The summed E-state index contributed by atoms with van der Waals surface area (Å²) in [4.78, 5) is 2.71. The van der Waals surface area contributed by atoms with Crippen molar-refractivity contribution in [1.82, 2.24) is 8.01 Å². The van der Waals surface area contributed by atoms with Crippen molar-refractivity contribution in [3.63, 3.8) is 0 Å². The lowest BCUT2D eigenvalue weighted by Gasteiger charge is -2.46. The predicted octanol–water partition coefficient (Wildman–Crippen LogP) is 2.53. The topological polar surface area (TPSA) is 6.48 Å². The average Bonchev–Trinajstić information content (AvgIpc) is 2.13. The zero-order chi connectivity index (χ0) is 9.97. The number of hydrogen-bond donors (Lipinski definition) is 0. The van der Waals surface area contributed by atoms with Gasteiger partial charge in [-0.05, 0) is 25.2 Å². The van der Waals surface area contributed by atoms with Crippen molar-refractivity contribution >= 4 is 22.9 Å². The Kier molecular flexibility index (Phi) is 4.08. The van der Waals surface area contributed by atoms with E-state index in [0.29, 0.717) is 0 Å². The van der Waals surface area contributed by atoms with Gasteiger partial charge in [-0.3, -0.25) is 4.90 Å². The molecule has 0 aliphatic carbocycles. The molecule has 0 saturated carbocycles. The standard InChI is InChI=1S/C11H21IN2/c1-2-3-10-8-13(9-10)11-4-6-14(12)7-5-11/h10-11H,2-9H2,1H3. The van der Waals surface area contributed by atoms with E-state index < -0.39 is 0 Å². The number of rotatable bonds is 3. The molecule has 2 nitrogen and oxygen atoms in total. The molecule has 0 atom stereocenters. The van der Waals surface area contributed by atoms with Crippen molar-refractivity contribution in [2.45, 2.75) is 38.6 Å². The molecular formula is C11H21IN2.